The van der Waals surface area contributed by atoms with Crippen molar-refractivity contribution < 1.29 is 24.0 Å². The molecule has 5 atom stereocenters. The van der Waals surface area contributed by atoms with Gasteiger partial charge in [0.2, 0.25) is 17.6 Å². The molecular weight excluding hydrogens is 532 g/mol. The van der Waals surface area contributed by atoms with E-state index in [0.717, 1.165) is 36.8 Å². The molecule has 4 aliphatic rings. The highest BCUT2D eigenvalue weighted by Gasteiger charge is 2.55. The van der Waals surface area contributed by atoms with Gasteiger partial charge in [-0.05, 0) is 49.1 Å². The Balaban J connectivity index is 1.10. The van der Waals surface area contributed by atoms with Crippen LogP contribution in [0.1, 0.15) is 56.1 Å². The summed E-state index contributed by atoms with van der Waals surface area (Å²) in [6.45, 7) is 0.815. The van der Waals surface area contributed by atoms with Crippen molar-refractivity contribution in [3.8, 4) is 0 Å². The van der Waals surface area contributed by atoms with E-state index in [9.17, 15) is 24.0 Å². The number of ketones is 2. The second kappa shape index (κ2) is 12.2. The van der Waals surface area contributed by atoms with E-state index in [4.69, 9.17) is 0 Å². The lowest BCUT2D eigenvalue weighted by Crippen LogP contribution is -2.51. The number of carbonyl (C=O) groups is 5. The average Bonchev–Trinajstić information content (AvgIpc) is 3.57. The van der Waals surface area contributed by atoms with Crippen LogP contribution >= 0.6 is 0 Å². The van der Waals surface area contributed by atoms with Gasteiger partial charge in [-0.1, -0.05) is 60.7 Å². The Bertz CT molecular complexity index is 1340. The standard InChI is InChI=1S/C33H38N4O5/c38-28(27-14-15-29(39)36(27)19-21-8-3-1-4-9-21)18-34-26-16-24(26)25-17-30(40)37(20-22-10-5-2-6-11-22)31(25)32(41)33(42)35-23-12-7-13-23/h1-6,8-11,23-27,31,34H,7,12-20H2,(H,35,42)/t24?,25?,26?,27-,31-/m1/s1. The van der Waals surface area contributed by atoms with Crippen LogP contribution in [0.4, 0.5) is 0 Å². The van der Waals surface area contributed by atoms with Crippen LogP contribution in [0.5, 0.6) is 0 Å². The minimum Gasteiger partial charge on any atom is -0.347 e. The molecule has 2 aliphatic heterocycles. The Hall–Kier alpha value is -3.85. The van der Waals surface area contributed by atoms with E-state index >= 15 is 0 Å². The molecule has 0 aromatic heterocycles. The van der Waals surface area contributed by atoms with Crippen molar-refractivity contribution in [3.63, 3.8) is 0 Å². The SMILES string of the molecule is O=C(NC1CCC1)C(=O)[C@H]1C(C2CC2NCC(=O)[C@H]2CCC(=O)N2Cc2ccccc2)CC(=O)N1Cc1ccccc1. The summed E-state index contributed by atoms with van der Waals surface area (Å²) in [5.41, 5.74) is 1.90. The average molecular weight is 571 g/mol. The predicted molar refractivity (Wildman–Crippen MR) is 155 cm³/mol. The van der Waals surface area contributed by atoms with Crippen LogP contribution in [0.25, 0.3) is 0 Å². The first-order valence-electron chi connectivity index (χ1n) is 15.2. The van der Waals surface area contributed by atoms with Gasteiger partial charge in [0.1, 0.15) is 6.04 Å². The van der Waals surface area contributed by atoms with Crippen molar-refractivity contribution in [2.24, 2.45) is 11.8 Å². The van der Waals surface area contributed by atoms with Crippen LogP contribution in [0.3, 0.4) is 0 Å². The molecule has 0 radical (unpaired) electrons. The maximum absolute atomic E-state index is 13.6. The van der Waals surface area contributed by atoms with E-state index in [2.05, 4.69) is 10.6 Å². The Morgan fingerprint density at radius 2 is 1.43 bits per heavy atom. The van der Waals surface area contributed by atoms with Gasteiger partial charge in [0.25, 0.3) is 5.91 Å². The van der Waals surface area contributed by atoms with Gasteiger partial charge < -0.3 is 20.4 Å². The molecule has 6 rings (SSSR count). The molecule has 3 unspecified atom stereocenters. The van der Waals surface area contributed by atoms with E-state index in [1.807, 2.05) is 60.7 Å². The molecule has 2 heterocycles. The number of carbonyl (C=O) groups excluding carboxylic acids is 5. The van der Waals surface area contributed by atoms with Gasteiger partial charge in [0.05, 0.1) is 12.6 Å². The molecule has 2 aliphatic carbocycles. The third kappa shape index (κ3) is 6.02. The first kappa shape index (κ1) is 28.3. The number of nitrogens with one attached hydrogen (secondary N) is 2. The predicted octanol–water partition coefficient (Wildman–Crippen LogP) is 2.38. The van der Waals surface area contributed by atoms with E-state index in [0.29, 0.717) is 19.4 Å². The maximum Gasteiger partial charge on any atom is 0.289 e. The summed E-state index contributed by atoms with van der Waals surface area (Å²) in [6.07, 6.45) is 4.60. The van der Waals surface area contributed by atoms with Crippen LogP contribution in [-0.2, 0) is 37.1 Å². The number of hydrogen-bond donors (Lipinski definition) is 2. The van der Waals surface area contributed by atoms with Crippen LogP contribution < -0.4 is 10.6 Å². The fourth-order valence-corrected chi connectivity index (χ4v) is 6.77. The fraction of sp³-hybridized carbons (Fsp3) is 0.485. The molecule has 0 bridgehead atoms. The number of likely N-dealkylation sites (tertiary alicyclic amines) is 2. The third-order valence-electron chi connectivity index (χ3n) is 9.42. The largest absolute Gasteiger partial charge is 0.347 e. The number of amides is 3. The first-order valence-corrected chi connectivity index (χ1v) is 15.2. The molecule has 2 aromatic rings. The van der Waals surface area contributed by atoms with Crippen molar-refractivity contribution in [1.82, 2.24) is 20.4 Å². The van der Waals surface area contributed by atoms with E-state index < -0.39 is 23.8 Å². The van der Waals surface area contributed by atoms with Gasteiger partial charge in [-0.15, -0.1) is 0 Å². The van der Waals surface area contributed by atoms with E-state index in [-0.39, 0.29) is 61.0 Å². The number of benzene rings is 2. The van der Waals surface area contributed by atoms with Crippen molar-refractivity contribution in [2.75, 3.05) is 6.54 Å². The Kier molecular flexibility index (Phi) is 8.20. The molecule has 2 saturated heterocycles. The van der Waals surface area contributed by atoms with Crippen LogP contribution in [0.15, 0.2) is 60.7 Å². The first-order chi connectivity index (χ1) is 20.4. The molecular formula is C33H38N4O5. The topological polar surface area (TPSA) is 116 Å². The van der Waals surface area contributed by atoms with Gasteiger partial charge in [-0.3, -0.25) is 24.0 Å². The lowest BCUT2D eigenvalue weighted by molar-refractivity contribution is -0.144. The molecule has 2 saturated carbocycles. The molecule has 9 heteroatoms. The second-order valence-corrected chi connectivity index (χ2v) is 12.2. The van der Waals surface area contributed by atoms with Gasteiger partial charge in [-0.25, -0.2) is 0 Å². The zero-order chi connectivity index (χ0) is 29.2. The summed E-state index contributed by atoms with van der Waals surface area (Å²) in [7, 11) is 0. The monoisotopic (exact) mass is 570 g/mol. The highest BCUT2D eigenvalue weighted by Crippen LogP contribution is 2.46. The molecule has 220 valence electrons. The highest BCUT2D eigenvalue weighted by molar-refractivity contribution is 6.38. The van der Waals surface area contributed by atoms with Crippen molar-refractivity contribution in [1.29, 1.82) is 0 Å². The lowest BCUT2D eigenvalue weighted by Gasteiger charge is -2.30. The van der Waals surface area contributed by atoms with Gasteiger partial charge in [0.15, 0.2) is 5.78 Å². The highest BCUT2D eigenvalue weighted by atomic mass is 16.2. The van der Waals surface area contributed by atoms with Crippen LogP contribution in [0, 0.1) is 11.8 Å². The Morgan fingerprint density at radius 1 is 0.786 bits per heavy atom. The Labute approximate surface area is 246 Å². The lowest BCUT2D eigenvalue weighted by atomic mass is 9.89. The number of Topliss-reactive ketones (excluding diaryl/α,β-unsaturated/α-hetero) is 2. The zero-order valence-corrected chi connectivity index (χ0v) is 23.7. The van der Waals surface area contributed by atoms with Gasteiger partial charge in [-0.2, -0.15) is 0 Å². The minimum atomic E-state index is -0.820. The van der Waals surface area contributed by atoms with Crippen LogP contribution in [-0.4, -0.2) is 69.8 Å². The van der Waals surface area contributed by atoms with Crippen molar-refractivity contribution >= 4 is 29.3 Å². The summed E-state index contributed by atoms with van der Waals surface area (Å²) in [5, 5.41) is 6.21. The summed E-state index contributed by atoms with van der Waals surface area (Å²) in [4.78, 5) is 68.8. The minimum absolute atomic E-state index is 0.00833. The molecule has 9 nitrogen and oxygen atoms in total. The zero-order valence-electron chi connectivity index (χ0n) is 23.7. The molecule has 2 aromatic carbocycles. The fourth-order valence-electron chi connectivity index (χ4n) is 6.77. The van der Waals surface area contributed by atoms with E-state index in [1.165, 1.54) is 0 Å². The normalized spacial score (nSPS) is 27.2. The Morgan fingerprint density at radius 3 is 2.05 bits per heavy atom. The summed E-state index contributed by atoms with van der Waals surface area (Å²) in [5.74, 6) is -1.59. The molecule has 2 N–H and O–H groups in total. The van der Waals surface area contributed by atoms with Crippen LogP contribution in [0.2, 0.25) is 0 Å². The summed E-state index contributed by atoms with van der Waals surface area (Å²) >= 11 is 0. The maximum atomic E-state index is 13.6. The molecule has 42 heavy (non-hydrogen) atoms. The molecule has 0 spiro atoms. The summed E-state index contributed by atoms with van der Waals surface area (Å²) in [6, 6.07) is 17.9. The molecule has 4 fully saturated rings. The van der Waals surface area contributed by atoms with Crippen molar-refractivity contribution in [3.05, 3.63) is 71.8 Å². The third-order valence-corrected chi connectivity index (χ3v) is 9.42. The number of nitrogens with zero attached hydrogens (tertiary/aromatic N) is 2. The van der Waals surface area contributed by atoms with Crippen molar-refractivity contribution in [2.45, 2.75) is 82.2 Å². The number of rotatable bonds is 12. The van der Waals surface area contributed by atoms with Gasteiger partial charge in [0, 0.05) is 43.9 Å². The van der Waals surface area contributed by atoms with Gasteiger partial charge >= 0.3 is 0 Å². The quantitative estimate of drug-likeness (QED) is 0.379. The summed E-state index contributed by atoms with van der Waals surface area (Å²) < 4.78 is 0. The molecule has 3 amide bonds. The second-order valence-electron chi connectivity index (χ2n) is 12.2. The van der Waals surface area contributed by atoms with E-state index in [1.54, 1.807) is 9.80 Å². The number of hydrogen-bond acceptors (Lipinski definition) is 6. The smallest absolute Gasteiger partial charge is 0.289 e.